The van der Waals surface area contributed by atoms with Crippen molar-refractivity contribution in [2.45, 2.75) is 38.8 Å². The summed E-state index contributed by atoms with van der Waals surface area (Å²) >= 11 is 1.76. The second kappa shape index (κ2) is 4.91. The van der Waals surface area contributed by atoms with Gasteiger partial charge in [0.2, 0.25) is 0 Å². The summed E-state index contributed by atoms with van der Waals surface area (Å²) in [4.78, 5) is 1.34. The predicted molar refractivity (Wildman–Crippen MR) is 61.7 cm³/mol. The Labute approximate surface area is 90.0 Å². The number of rotatable bonds is 5. The largest absolute Gasteiger partial charge is 0.389 e. The van der Waals surface area contributed by atoms with Gasteiger partial charge in [0.1, 0.15) is 0 Å². The van der Waals surface area contributed by atoms with Crippen molar-refractivity contribution < 1.29 is 5.11 Å². The van der Waals surface area contributed by atoms with Gasteiger partial charge in [-0.3, -0.25) is 0 Å². The van der Waals surface area contributed by atoms with Gasteiger partial charge in [0.05, 0.1) is 5.60 Å². The molecule has 0 aliphatic rings. The van der Waals surface area contributed by atoms with E-state index < -0.39 is 5.60 Å². The Hall–Kier alpha value is -0.380. The van der Waals surface area contributed by atoms with E-state index in [1.54, 1.807) is 11.3 Å². The summed E-state index contributed by atoms with van der Waals surface area (Å²) in [5, 5.41) is 15.1. The van der Waals surface area contributed by atoms with Crippen LogP contribution in [0.3, 0.4) is 0 Å². The second-order valence-corrected chi connectivity index (χ2v) is 5.15. The van der Waals surface area contributed by atoms with Crippen molar-refractivity contribution in [3.8, 4) is 0 Å². The standard InChI is InChI=1S/C11H19NOS/c1-4-9(10-6-5-7-14-10)12-8-11(2,3)13/h5-7,9,12-13H,4,8H2,1-3H3. The van der Waals surface area contributed by atoms with Crippen molar-refractivity contribution in [2.75, 3.05) is 6.54 Å². The maximum Gasteiger partial charge on any atom is 0.0715 e. The van der Waals surface area contributed by atoms with Crippen molar-refractivity contribution in [1.29, 1.82) is 0 Å². The maximum atomic E-state index is 9.60. The van der Waals surface area contributed by atoms with Crippen molar-refractivity contribution in [3.63, 3.8) is 0 Å². The maximum absolute atomic E-state index is 9.60. The summed E-state index contributed by atoms with van der Waals surface area (Å²) < 4.78 is 0. The van der Waals surface area contributed by atoms with Gasteiger partial charge in [0.25, 0.3) is 0 Å². The second-order valence-electron chi connectivity index (χ2n) is 4.17. The van der Waals surface area contributed by atoms with Crippen LogP contribution in [0, 0.1) is 0 Å². The molecule has 0 radical (unpaired) electrons. The van der Waals surface area contributed by atoms with E-state index in [0.717, 1.165) is 6.42 Å². The van der Waals surface area contributed by atoms with Crippen LogP contribution in [0.2, 0.25) is 0 Å². The monoisotopic (exact) mass is 213 g/mol. The lowest BCUT2D eigenvalue weighted by atomic mass is 10.1. The Morgan fingerprint density at radius 2 is 2.29 bits per heavy atom. The predicted octanol–water partition coefficient (Wildman–Crippen LogP) is 2.56. The Balaban J connectivity index is 2.49. The van der Waals surface area contributed by atoms with Crippen molar-refractivity contribution in [1.82, 2.24) is 5.32 Å². The molecule has 2 N–H and O–H groups in total. The van der Waals surface area contributed by atoms with Crippen molar-refractivity contribution >= 4 is 11.3 Å². The first-order valence-corrected chi connectivity index (χ1v) is 5.90. The van der Waals surface area contributed by atoms with Gasteiger partial charge in [-0.05, 0) is 31.7 Å². The van der Waals surface area contributed by atoms with Gasteiger partial charge >= 0.3 is 0 Å². The molecule has 0 aliphatic carbocycles. The van der Waals surface area contributed by atoms with E-state index in [0.29, 0.717) is 12.6 Å². The van der Waals surface area contributed by atoms with Gasteiger partial charge in [-0.25, -0.2) is 0 Å². The molecule has 14 heavy (non-hydrogen) atoms. The molecule has 0 aliphatic heterocycles. The lowest BCUT2D eigenvalue weighted by Gasteiger charge is -2.22. The summed E-state index contributed by atoms with van der Waals surface area (Å²) in [5.74, 6) is 0. The molecule has 0 saturated heterocycles. The molecule has 1 atom stereocenters. The van der Waals surface area contributed by atoms with Crippen LogP contribution in [0.5, 0.6) is 0 Å². The van der Waals surface area contributed by atoms with Crippen molar-refractivity contribution in [2.24, 2.45) is 0 Å². The third-order valence-electron chi connectivity index (χ3n) is 2.08. The number of hydrogen-bond donors (Lipinski definition) is 2. The zero-order valence-corrected chi connectivity index (χ0v) is 9.90. The Morgan fingerprint density at radius 3 is 2.71 bits per heavy atom. The van der Waals surface area contributed by atoms with Crippen LogP contribution in [-0.2, 0) is 0 Å². The normalized spacial score (nSPS) is 14.3. The lowest BCUT2D eigenvalue weighted by molar-refractivity contribution is 0.0763. The molecule has 3 heteroatoms. The van der Waals surface area contributed by atoms with Gasteiger partial charge in [-0.2, -0.15) is 0 Å². The van der Waals surface area contributed by atoms with Crippen molar-refractivity contribution in [3.05, 3.63) is 22.4 Å². The molecule has 1 unspecified atom stereocenters. The average Bonchev–Trinajstić information content (AvgIpc) is 2.56. The highest BCUT2D eigenvalue weighted by atomic mass is 32.1. The molecule has 2 nitrogen and oxygen atoms in total. The highest BCUT2D eigenvalue weighted by Gasteiger charge is 2.16. The highest BCUT2D eigenvalue weighted by Crippen LogP contribution is 2.21. The Kier molecular flexibility index (Phi) is 4.11. The van der Waals surface area contributed by atoms with Gasteiger partial charge in [-0.15, -0.1) is 11.3 Å². The fraction of sp³-hybridized carbons (Fsp3) is 0.636. The third kappa shape index (κ3) is 3.78. The smallest absolute Gasteiger partial charge is 0.0715 e. The van der Waals surface area contributed by atoms with E-state index in [-0.39, 0.29) is 0 Å². The van der Waals surface area contributed by atoms with E-state index in [1.807, 2.05) is 13.8 Å². The van der Waals surface area contributed by atoms with Gasteiger partial charge in [0.15, 0.2) is 0 Å². The van der Waals surface area contributed by atoms with Crippen LogP contribution in [0.25, 0.3) is 0 Å². The zero-order valence-electron chi connectivity index (χ0n) is 9.08. The first-order chi connectivity index (χ1) is 6.53. The molecule has 0 aromatic carbocycles. The van der Waals surface area contributed by atoms with E-state index in [4.69, 9.17) is 0 Å². The summed E-state index contributed by atoms with van der Waals surface area (Å²) in [6, 6.07) is 4.58. The molecule has 1 heterocycles. The summed E-state index contributed by atoms with van der Waals surface area (Å²) in [6.45, 7) is 6.42. The average molecular weight is 213 g/mol. The van der Waals surface area contributed by atoms with E-state index in [9.17, 15) is 5.11 Å². The summed E-state index contributed by atoms with van der Waals surface area (Å²) in [7, 11) is 0. The fourth-order valence-corrected chi connectivity index (χ4v) is 2.19. The minimum atomic E-state index is -0.634. The zero-order chi connectivity index (χ0) is 10.6. The molecule has 1 aromatic rings. The van der Waals surface area contributed by atoms with E-state index >= 15 is 0 Å². The molecule has 0 bridgehead atoms. The molecule has 1 aromatic heterocycles. The third-order valence-corrected chi connectivity index (χ3v) is 3.06. The number of aliphatic hydroxyl groups is 1. The van der Waals surface area contributed by atoms with Crippen LogP contribution in [0.15, 0.2) is 17.5 Å². The number of thiophene rings is 1. The summed E-state index contributed by atoms with van der Waals surface area (Å²) in [5.41, 5.74) is -0.634. The van der Waals surface area contributed by atoms with Crippen LogP contribution in [0.1, 0.15) is 38.1 Å². The number of hydrogen-bond acceptors (Lipinski definition) is 3. The topological polar surface area (TPSA) is 32.3 Å². The summed E-state index contributed by atoms with van der Waals surface area (Å²) in [6.07, 6.45) is 1.05. The lowest BCUT2D eigenvalue weighted by Crippen LogP contribution is -2.36. The first-order valence-electron chi connectivity index (χ1n) is 5.02. The van der Waals surface area contributed by atoms with E-state index in [2.05, 4.69) is 29.8 Å². The molecule has 1 rings (SSSR count). The Bertz CT molecular complexity index is 251. The van der Waals surface area contributed by atoms with Gasteiger partial charge in [0, 0.05) is 17.5 Å². The van der Waals surface area contributed by atoms with Gasteiger partial charge < -0.3 is 10.4 Å². The first kappa shape index (κ1) is 11.7. The molecule has 80 valence electrons. The molecule has 0 fully saturated rings. The SMILES string of the molecule is CCC(NCC(C)(C)O)c1cccs1. The minimum absolute atomic E-state index is 0.376. The highest BCUT2D eigenvalue weighted by molar-refractivity contribution is 7.10. The minimum Gasteiger partial charge on any atom is -0.389 e. The molecule has 0 spiro atoms. The molecule has 0 amide bonds. The van der Waals surface area contributed by atoms with Crippen LogP contribution in [-0.4, -0.2) is 17.3 Å². The van der Waals surface area contributed by atoms with Crippen LogP contribution in [0.4, 0.5) is 0 Å². The Morgan fingerprint density at radius 1 is 1.57 bits per heavy atom. The fourth-order valence-electron chi connectivity index (χ4n) is 1.31. The number of nitrogens with one attached hydrogen (secondary N) is 1. The van der Waals surface area contributed by atoms with Crippen LogP contribution < -0.4 is 5.32 Å². The van der Waals surface area contributed by atoms with Crippen LogP contribution >= 0.6 is 11.3 Å². The van der Waals surface area contributed by atoms with Gasteiger partial charge in [-0.1, -0.05) is 13.0 Å². The molecular weight excluding hydrogens is 194 g/mol. The molecule has 0 saturated carbocycles. The van der Waals surface area contributed by atoms with E-state index in [1.165, 1.54) is 4.88 Å². The quantitative estimate of drug-likeness (QED) is 0.788. The molecular formula is C11H19NOS.